The van der Waals surface area contributed by atoms with Crippen LogP contribution in [0.3, 0.4) is 0 Å². The van der Waals surface area contributed by atoms with Crippen molar-refractivity contribution in [2.24, 2.45) is 0 Å². The molecule has 5 nitrogen and oxygen atoms in total. The Morgan fingerprint density at radius 2 is 1.43 bits per heavy atom. The van der Waals surface area contributed by atoms with Crippen LogP contribution in [0.1, 0.15) is 29.6 Å². The maximum absolute atomic E-state index is 6.02. The molecule has 3 aromatic rings. The lowest BCUT2D eigenvalue weighted by atomic mass is 9.97. The van der Waals surface area contributed by atoms with Gasteiger partial charge in [-0.1, -0.05) is 48.5 Å². The lowest BCUT2D eigenvalue weighted by molar-refractivity contribution is 0.215. The van der Waals surface area contributed by atoms with Crippen molar-refractivity contribution in [1.29, 1.82) is 0 Å². The zero-order chi connectivity index (χ0) is 19.2. The van der Waals surface area contributed by atoms with Crippen molar-refractivity contribution in [2.75, 3.05) is 18.9 Å². The largest absolute Gasteiger partial charge is 0.490 e. The summed E-state index contributed by atoms with van der Waals surface area (Å²) in [6.07, 6.45) is 0.935. The second-order valence-corrected chi connectivity index (χ2v) is 6.84. The van der Waals surface area contributed by atoms with Crippen molar-refractivity contribution in [2.45, 2.75) is 18.5 Å². The van der Waals surface area contributed by atoms with Crippen molar-refractivity contribution >= 4 is 5.69 Å². The van der Waals surface area contributed by atoms with Gasteiger partial charge >= 0.3 is 0 Å². The lowest BCUT2D eigenvalue weighted by Crippen LogP contribution is -2.27. The third kappa shape index (κ3) is 4.44. The molecule has 0 amide bonds. The minimum atomic E-state index is 0.175. The summed E-state index contributed by atoms with van der Waals surface area (Å²) in [4.78, 5) is 0. The number of hydrazine groups is 1. The first-order valence-corrected chi connectivity index (χ1v) is 9.55. The van der Waals surface area contributed by atoms with Crippen molar-refractivity contribution < 1.29 is 9.47 Å². The normalized spacial score (nSPS) is 18.7. The lowest BCUT2D eigenvalue weighted by Gasteiger charge is -2.16. The number of benzene rings is 3. The third-order valence-corrected chi connectivity index (χ3v) is 4.89. The average Bonchev–Trinajstić information content (AvgIpc) is 3.23. The molecule has 2 unspecified atom stereocenters. The smallest absolute Gasteiger partial charge is 0.124 e. The van der Waals surface area contributed by atoms with Gasteiger partial charge in [0.1, 0.15) is 24.7 Å². The van der Waals surface area contributed by atoms with Gasteiger partial charge in [0.05, 0.1) is 6.04 Å². The van der Waals surface area contributed by atoms with Crippen LogP contribution in [-0.2, 0) is 0 Å². The molecule has 5 heteroatoms. The molecule has 1 heterocycles. The Balaban J connectivity index is 1.35. The molecule has 2 atom stereocenters. The zero-order valence-corrected chi connectivity index (χ0v) is 15.7. The second-order valence-electron chi connectivity index (χ2n) is 6.84. The summed E-state index contributed by atoms with van der Waals surface area (Å²) in [7, 11) is 0. The maximum atomic E-state index is 6.02. The van der Waals surface area contributed by atoms with Gasteiger partial charge < -0.3 is 15.2 Å². The molecule has 1 fully saturated rings. The summed E-state index contributed by atoms with van der Waals surface area (Å²) >= 11 is 0. The van der Waals surface area contributed by atoms with Gasteiger partial charge in [-0.25, -0.2) is 10.9 Å². The Labute approximate surface area is 165 Å². The van der Waals surface area contributed by atoms with E-state index in [9.17, 15) is 0 Å². The van der Waals surface area contributed by atoms with Crippen LogP contribution in [0.5, 0.6) is 11.5 Å². The first-order chi connectivity index (χ1) is 13.8. The summed E-state index contributed by atoms with van der Waals surface area (Å²) in [5.74, 6) is 1.74. The van der Waals surface area contributed by atoms with Crippen LogP contribution in [0.4, 0.5) is 5.69 Å². The molecular formula is C23H25N3O2. The number of nitrogen functional groups attached to an aromatic ring is 1. The first kappa shape index (κ1) is 18.3. The highest BCUT2D eigenvalue weighted by Gasteiger charge is 2.28. The Bertz CT molecular complexity index is 884. The van der Waals surface area contributed by atoms with Crippen LogP contribution in [-0.4, -0.2) is 13.2 Å². The van der Waals surface area contributed by atoms with E-state index in [4.69, 9.17) is 15.2 Å². The number of rotatable bonds is 7. The van der Waals surface area contributed by atoms with E-state index >= 15 is 0 Å². The van der Waals surface area contributed by atoms with Gasteiger partial charge in [0.15, 0.2) is 0 Å². The zero-order valence-electron chi connectivity index (χ0n) is 15.7. The molecule has 4 rings (SSSR count). The number of hydrogen-bond acceptors (Lipinski definition) is 5. The molecule has 4 N–H and O–H groups in total. The number of para-hydroxylation sites is 2. The topological polar surface area (TPSA) is 68.5 Å². The van der Waals surface area contributed by atoms with Crippen molar-refractivity contribution in [1.82, 2.24) is 10.9 Å². The van der Waals surface area contributed by atoms with Gasteiger partial charge in [0.25, 0.3) is 0 Å². The number of hydrogen-bond donors (Lipinski definition) is 3. The summed E-state index contributed by atoms with van der Waals surface area (Å²) in [6.45, 7) is 0.996. The highest BCUT2D eigenvalue weighted by Crippen LogP contribution is 2.35. The van der Waals surface area contributed by atoms with Crippen molar-refractivity contribution in [3.63, 3.8) is 0 Å². The average molecular weight is 375 g/mol. The fourth-order valence-corrected chi connectivity index (χ4v) is 3.43. The van der Waals surface area contributed by atoms with Gasteiger partial charge in [-0.15, -0.1) is 0 Å². The predicted octanol–water partition coefficient (Wildman–Crippen LogP) is 4.01. The van der Waals surface area contributed by atoms with Crippen LogP contribution in [0.25, 0.3) is 0 Å². The predicted molar refractivity (Wildman–Crippen MR) is 111 cm³/mol. The van der Waals surface area contributed by atoms with E-state index in [1.54, 1.807) is 0 Å². The number of nitrogens with one attached hydrogen (secondary N) is 2. The Kier molecular flexibility index (Phi) is 5.75. The number of nitrogens with two attached hydrogens (primary N) is 1. The van der Waals surface area contributed by atoms with Crippen LogP contribution in [0.2, 0.25) is 0 Å². The van der Waals surface area contributed by atoms with E-state index in [1.165, 1.54) is 5.56 Å². The van der Waals surface area contributed by atoms with Gasteiger partial charge in [-0.05, 0) is 42.3 Å². The molecule has 1 aliphatic rings. The van der Waals surface area contributed by atoms with Gasteiger partial charge in [0.2, 0.25) is 0 Å². The highest BCUT2D eigenvalue weighted by molar-refractivity contribution is 5.41. The van der Waals surface area contributed by atoms with E-state index in [1.807, 2.05) is 60.7 Å². The van der Waals surface area contributed by atoms with Crippen LogP contribution in [0, 0.1) is 0 Å². The molecule has 0 saturated carbocycles. The Morgan fingerprint density at radius 3 is 2.25 bits per heavy atom. The Morgan fingerprint density at radius 1 is 0.750 bits per heavy atom. The fraction of sp³-hybridized carbons (Fsp3) is 0.217. The van der Waals surface area contributed by atoms with E-state index in [0.717, 1.165) is 29.2 Å². The molecule has 1 aliphatic heterocycles. The van der Waals surface area contributed by atoms with Gasteiger partial charge in [-0.3, -0.25) is 0 Å². The van der Waals surface area contributed by atoms with E-state index in [-0.39, 0.29) is 12.1 Å². The number of anilines is 1. The van der Waals surface area contributed by atoms with E-state index in [2.05, 4.69) is 29.1 Å². The first-order valence-electron chi connectivity index (χ1n) is 9.55. The monoisotopic (exact) mass is 375 g/mol. The van der Waals surface area contributed by atoms with Crippen LogP contribution in [0.15, 0.2) is 78.9 Å². The molecule has 3 aromatic carbocycles. The molecule has 0 aromatic heterocycles. The summed E-state index contributed by atoms with van der Waals surface area (Å²) in [5.41, 5.74) is 15.7. The molecule has 144 valence electrons. The Hall–Kier alpha value is -3.02. The summed E-state index contributed by atoms with van der Waals surface area (Å²) in [5, 5.41) is 0. The van der Waals surface area contributed by atoms with Gasteiger partial charge in [0, 0.05) is 17.3 Å². The third-order valence-electron chi connectivity index (χ3n) is 4.89. The standard InChI is InChI=1S/C23H25N3O2/c24-18-12-10-17(11-13-18)21-16-22(26-25-21)20-8-4-5-9-23(20)28-15-14-27-19-6-2-1-3-7-19/h1-13,21-22,25-26H,14-16,24H2. The molecule has 1 saturated heterocycles. The van der Waals surface area contributed by atoms with E-state index < -0.39 is 0 Å². The molecule has 28 heavy (non-hydrogen) atoms. The van der Waals surface area contributed by atoms with Crippen molar-refractivity contribution in [3.05, 3.63) is 90.0 Å². The minimum Gasteiger partial charge on any atom is -0.490 e. The molecule has 0 spiro atoms. The van der Waals surface area contributed by atoms with Crippen LogP contribution < -0.4 is 26.1 Å². The molecule has 0 bridgehead atoms. The quantitative estimate of drug-likeness (QED) is 0.430. The maximum Gasteiger partial charge on any atom is 0.124 e. The summed E-state index contributed by atoms with van der Waals surface area (Å²) < 4.78 is 11.7. The molecule has 0 aliphatic carbocycles. The van der Waals surface area contributed by atoms with E-state index in [0.29, 0.717) is 13.2 Å². The van der Waals surface area contributed by atoms with Crippen LogP contribution >= 0.6 is 0 Å². The SMILES string of the molecule is Nc1ccc(C2CC(c3ccccc3OCCOc3ccccc3)NN2)cc1. The second kappa shape index (κ2) is 8.78. The minimum absolute atomic E-state index is 0.175. The fourth-order valence-electron chi connectivity index (χ4n) is 3.43. The summed E-state index contributed by atoms with van der Waals surface area (Å²) in [6, 6.07) is 26.4. The highest BCUT2D eigenvalue weighted by atomic mass is 16.5. The number of ether oxygens (including phenoxy) is 2. The van der Waals surface area contributed by atoms with Crippen molar-refractivity contribution in [3.8, 4) is 11.5 Å². The molecule has 0 radical (unpaired) electrons. The molecular weight excluding hydrogens is 350 g/mol. The van der Waals surface area contributed by atoms with Gasteiger partial charge in [-0.2, -0.15) is 0 Å².